The van der Waals surface area contributed by atoms with E-state index in [-0.39, 0.29) is 0 Å². The van der Waals surface area contributed by atoms with Crippen LogP contribution in [0.3, 0.4) is 0 Å². The second-order valence-corrected chi connectivity index (χ2v) is 6.17. The number of aryl methyl sites for hydroxylation is 1. The van der Waals surface area contributed by atoms with E-state index in [2.05, 4.69) is 58.3 Å². The Kier molecular flexibility index (Phi) is 5.88. The summed E-state index contributed by atoms with van der Waals surface area (Å²) >= 11 is 3.69. The third-order valence-electron chi connectivity index (χ3n) is 3.55. The lowest BCUT2D eigenvalue weighted by Crippen LogP contribution is -2.18. The molecule has 0 aliphatic carbocycles. The van der Waals surface area contributed by atoms with Gasteiger partial charge in [-0.3, -0.25) is 0 Å². The van der Waals surface area contributed by atoms with Gasteiger partial charge in [0, 0.05) is 30.2 Å². The molecule has 1 aromatic heterocycles. The fourth-order valence-corrected chi connectivity index (χ4v) is 3.02. The molecule has 4 heteroatoms. The van der Waals surface area contributed by atoms with Gasteiger partial charge in [0.25, 0.3) is 0 Å². The van der Waals surface area contributed by atoms with Crippen LogP contribution in [0.1, 0.15) is 30.2 Å². The number of halogens is 1. The van der Waals surface area contributed by atoms with E-state index < -0.39 is 0 Å². The first-order chi connectivity index (χ1) is 10.1. The highest BCUT2D eigenvalue weighted by Gasteiger charge is 2.10. The first-order valence-electron chi connectivity index (χ1n) is 7.35. The summed E-state index contributed by atoms with van der Waals surface area (Å²) in [6.45, 7) is 6.99. The molecule has 2 aromatic rings. The molecule has 0 bridgehead atoms. The Balaban J connectivity index is 2.04. The Morgan fingerprint density at radius 2 is 2.10 bits per heavy atom. The summed E-state index contributed by atoms with van der Waals surface area (Å²) in [6.07, 6.45) is 2.90. The van der Waals surface area contributed by atoms with E-state index in [1.165, 1.54) is 16.8 Å². The molecule has 0 saturated carbocycles. The minimum absolute atomic E-state index is 0.842. The lowest BCUT2D eigenvalue weighted by molar-refractivity contribution is 0.529. The number of hydrogen-bond acceptors (Lipinski definition) is 3. The summed E-state index contributed by atoms with van der Waals surface area (Å²) in [7, 11) is 2.10. The number of benzene rings is 1. The lowest BCUT2D eigenvalue weighted by atomic mass is 10.1. The van der Waals surface area contributed by atoms with Crippen molar-refractivity contribution in [3.63, 3.8) is 0 Å². The highest BCUT2D eigenvalue weighted by atomic mass is 79.9. The van der Waals surface area contributed by atoms with Crippen molar-refractivity contribution in [2.45, 2.75) is 33.4 Å². The first-order valence-corrected chi connectivity index (χ1v) is 8.14. The van der Waals surface area contributed by atoms with Crippen LogP contribution >= 0.6 is 15.9 Å². The van der Waals surface area contributed by atoms with Crippen LogP contribution < -0.4 is 10.2 Å². The molecule has 1 aromatic carbocycles. The van der Waals surface area contributed by atoms with Gasteiger partial charge in [-0.2, -0.15) is 0 Å². The third kappa shape index (κ3) is 4.35. The molecule has 0 saturated heterocycles. The molecule has 0 fully saturated rings. The molecule has 0 aliphatic rings. The van der Waals surface area contributed by atoms with Crippen LogP contribution in [-0.4, -0.2) is 13.6 Å². The van der Waals surface area contributed by atoms with Crippen molar-refractivity contribution >= 4 is 21.6 Å². The third-order valence-corrected chi connectivity index (χ3v) is 4.19. The number of rotatable bonds is 7. The van der Waals surface area contributed by atoms with Crippen LogP contribution in [0.2, 0.25) is 0 Å². The van der Waals surface area contributed by atoms with Gasteiger partial charge in [0.1, 0.15) is 5.76 Å². The Morgan fingerprint density at radius 1 is 1.29 bits per heavy atom. The van der Waals surface area contributed by atoms with Gasteiger partial charge in [-0.15, -0.1) is 0 Å². The largest absolute Gasteiger partial charge is 0.469 e. The van der Waals surface area contributed by atoms with Crippen molar-refractivity contribution in [1.29, 1.82) is 0 Å². The molecule has 0 radical (unpaired) electrons. The molecule has 2 rings (SSSR count). The number of furan rings is 1. The SMILES string of the molecule is CCCNCc1ccc(N(C)Cc2ccoc2C)c(Br)c1. The second kappa shape index (κ2) is 7.66. The normalized spacial score (nSPS) is 10.9. The number of nitrogens with zero attached hydrogens (tertiary/aromatic N) is 1. The molecule has 0 spiro atoms. The van der Waals surface area contributed by atoms with Crippen molar-refractivity contribution in [3.05, 3.63) is 51.9 Å². The molecule has 1 N–H and O–H groups in total. The summed E-state index contributed by atoms with van der Waals surface area (Å²) in [5.41, 5.74) is 3.71. The van der Waals surface area contributed by atoms with Crippen LogP contribution in [0.5, 0.6) is 0 Å². The van der Waals surface area contributed by atoms with Crippen molar-refractivity contribution in [2.75, 3.05) is 18.5 Å². The summed E-state index contributed by atoms with van der Waals surface area (Å²) in [5.74, 6) is 0.985. The molecule has 3 nitrogen and oxygen atoms in total. The smallest absolute Gasteiger partial charge is 0.105 e. The maximum absolute atomic E-state index is 5.36. The molecule has 114 valence electrons. The van der Waals surface area contributed by atoms with Crippen molar-refractivity contribution in [1.82, 2.24) is 5.32 Å². The minimum atomic E-state index is 0.842. The van der Waals surface area contributed by atoms with Gasteiger partial charge < -0.3 is 14.6 Å². The Bertz CT molecular complexity index is 580. The van der Waals surface area contributed by atoms with Crippen LogP contribution in [0, 0.1) is 6.92 Å². The van der Waals surface area contributed by atoms with Crippen molar-refractivity contribution in [2.24, 2.45) is 0 Å². The zero-order chi connectivity index (χ0) is 15.2. The van der Waals surface area contributed by atoms with Gasteiger partial charge >= 0.3 is 0 Å². The maximum Gasteiger partial charge on any atom is 0.105 e. The molecular weight excluding hydrogens is 328 g/mol. The minimum Gasteiger partial charge on any atom is -0.469 e. The molecule has 0 unspecified atom stereocenters. The summed E-state index contributed by atoms with van der Waals surface area (Å²) in [6, 6.07) is 8.57. The Labute approximate surface area is 135 Å². The highest BCUT2D eigenvalue weighted by molar-refractivity contribution is 9.10. The molecule has 1 heterocycles. The van der Waals surface area contributed by atoms with Crippen LogP contribution in [0.15, 0.2) is 39.4 Å². The van der Waals surface area contributed by atoms with Crippen LogP contribution in [0.4, 0.5) is 5.69 Å². The first kappa shape index (κ1) is 16.1. The van der Waals surface area contributed by atoms with Gasteiger partial charge in [-0.1, -0.05) is 13.0 Å². The van der Waals surface area contributed by atoms with Gasteiger partial charge in [-0.25, -0.2) is 0 Å². The standard InChI is InChI=1S/C17H23BrN2O/c1-4-8-19-11-14-5-6-17(16(18)10-14)20(3)12-15-7-9-21-13(15)2/h5-7,9-10,19H,4,8,11-12H2,1-3H3. The zero-order valence-electron chi connectivity index (χ0n) is 12.9. The second-order valence-electron chi connectivity index (χ2n) is 5.32. The summed E-state index contributed by atoms with van der Waals surface area (Å²) in [5, 5.41) is 3.42. The molecular formula is C17H23BrN2O. The fourth-order valence-electron chi connectivity index (χ4n) is 2.30. The van der Waals surface area contributed by atoms with Crippen molar-refractivity contribution in [3.8, 4) is 0 Å². The van der Waals surface area contributed by atoms with Crippen molar-refractivity contribution < 1.29 is 4.42 Å². The zero-order valence-corrected chi connectivity index (χ0v) is 14.5. The highest BCUT2D eigenvalue weighted by Crippen LogP contribution is 2.28. The van der Waals surface area contributed by atoms with Gasteiger partial charge in [-0.05, 0) is 59.6 Å². The van der Waals surface area contributed by atoms with E-state index in [0.717, 1.165) is 36.3 Å². The monoisotopic (exact) mass is 350 g/mol. The molecule has 21 heavy (non-hydrogen) atoms. The predicted octanol–water partition coefficient (Wildman–Crippen LogP) is 4.49. The summed E-state index contributed by atoms with van der Waals surface area (Å²) in [4.78, 5) is 2.23. The van der Waals surface area contributed by atoms with E-state index in [1.54, 1.807) is 6.26 Å². The topological polar surface area (TPSA) is 28.4 Å². The predicted molar refractivity (Wildman–Crippen MR) is 91.7 cm³/mol. The van der Waals surface area contributed by atoms with E-state index >= 15 is 0 Å². The van der Waals surface area contributed by atoms with Gasteiger partial charge in [0.05, 0.1) is 12.0 Å². The van der Waals surface area contributed by atoms with E-state index in [1.807, 2.05) is 13.0 Å². The van der Waals surface area contributed by atoms with E-state index in [0.29, 0.717) is 0 Å². The average Bonchev–Trinajstić information content (AvgIpc) is 2.84. The molecule has 0 atom stereocenters. The molecule has 0 amide bonds. The number of hydrogen-bond donors (Lipinski definition) is 1. The van der Waals surface area contributed by atoms with Crippen LogP contribution in [0.25, 0.3) is 0 Å². The number of anilines is 1. The Hall–Kier alpha value is -1.26. The van der Waals surface area contributed by atoms with E-state index in [9.17, 15) is 0 Å². The van der Waals surface area contributed by atoms with Crippen LogP contribution in [-0.2, 0) is 13.1 Å². The fraction of sp³-hybridized carbons (Fsp3) is 0.412. The number of nitrogens with one attached hydrogen (secondary N) is 1. The Morgan fingerprint density at radius 3 is 2.71 bits per heavy atom. The van der Waals surface area contributed by atoms with Gasteiger partial charge in [0.15, 0.2) is 0 Å². The quantitative estimate of drug-likeness (QED) is 0.746. The lowest BCUT2D eigenvalue weighted by Gasteiger charge is -2.21. The average molecular weight is 351 g/mol. The maximum atomic E-state index is 5.36. The molecule has 0 aliphatic heterocycles. The summed E-state index contributed by atoms with van der Waals surface area (Å²) < 4.78 is 6.49. The van der Waals surface area contributed by atoms with E-state index in [4.69, 9.17) is 4.42 Å². The van der Waals surface area contributed by atoms with Gasteiger partial charge in [0.2, 0.25) is 0 Å².